The second-order valence-corrected chi connectivity index (χ2v) is 12.6. The minimum atomic E-state index is -4.50. The van der Waals surface area contributed by atoms with E-state index in [1.165, 1.54) is 16.8 Å². The van der Waals surface area contributed by atoms with E-state index in [2.05, 4.69) is 20.7 Å². The third kappa shape index (κ3) is 5.09. The lowest BCUT2D eigenvalue weighted by molar-refractivity contribution is -0.153. The van der Waals surface area contributed by atoms with Crippen LogP contribution in [-0.4, -0.2) is 65.9 Å². The summed E-state index contributed by atoms with van der Waals surface area (Å²) in [5, 5.41) is 10.4. The highest BCUT2D eigenvalue weighted by Crippen LogP contribution is 2.44. The highest BCUT2D eigenvalue weighted by molar-refractivity contribution is 7.92. The number of amides is 2. The first kappa shape index (κ1) is 27.1. The molecule has 2 N–H and O–H groups in total. The predicted molar refractivity (Wildman–Crippen MR) is 138 cm³/mol. The van der Waals surface area contributed by atoms with E-state index in [1.807, 2.05) is 6.92 Å². The summed E-state index contributed by atoms with van der Waals surface area (Å²) in [5.74, 6) is -1.74. The highest BCUT2D eigenvalue weighted by Gasteiger charge is 2.47. The summed E-state index contributed by atoms with van der Waals surface area (Å²) in [4.78, 5) is 31.0. The van der Waals surface area contributed by atoms with Crippen molar-refractivity contribution in [3.05, 3.63) is 58.9 Å². The Kier molecular flexibility index (Phi) is 6.24. The number of aryl methyl sites for hydroxylation is 1. The average Bonchev–Trinajstić information content (AvgIpc) is 3.24. The Bertz CT molecular complexity index is 1660. The number of benzene rings is 1. The number of hydrogen-bond donors (Lipinski definition) is 2. The molecule has 2 aromatic heterocycles. The number of nitrogens with one attached hydrogen (secondary N) is 2. The van der Waals surface area contributed by atoms with Crippen molar-refractivity contribution < 1.29 is 40.7 Å². The third-order valence-corrected chi connectivity index (χ3v) is 9.12. The number of anilines is 1. The summed E-state index contributed by atoms with van der Waals surface area (Å²) in [6.45, 7) is 0.568. The van der Waals surface area contributed by atoms with E-state index in [1.54, 1.807) is 24.4 Å². The lowest BCUT2D eigenvalue weighted by Crippen LogP contribution is -2.53. The van der Waals surface area contributed by atoms with Crippen LogP contribution in [-0.2, 0) is 26.6 Å². The molecule has 1 fully saturated rings. The summed E-state index contributed by atoms with van der Waals surface area (Å²) in [6.07, 6.45) is -2.36. The number of ether oxygens (including phenoxy) is 2. The smallest absolute Gasteiger partial charge is 0.422 e. The minimum absolute atomic E-state index is 0.0290. The molecule has 41 heavy (non-hydrogen) atoms. The molecular formula is C26H24F3N5O6S. The molecule has 0 bridgehead atoms. The molecule has 0 radical (unpaired) electrons. The second kappa shape index (κ2) is 9.46. The zero-order chi connectivity index (χ0) is 29.2. The van der Waals surface area contributed by atoms with Gasteiger partial charge in [-0.25, -0.2) is 13.4 Å². The van der Waals surface area contributed by atoms with Crippen molar-refractivity contribution >= 4 is 27.5 Å². The van der Waals surface area contributed by atoms with Crippen LogP contribution < -0.4 is 20.1 Å². The summed E-state index contributed by atoms with van der Waals surface area (Å²) in [7, 11) is -3.26. The molecule has 5 heterocycles. The van der Waals surface area contributed by atoms with Gasteiger partial charge < -0.3 is 20.1 Å². The third-order valence-electron chi connectivity index (χ3n) is 7.30. The quantitative estimate of drug-likeness (QED) is 0.461. The Morgan fingerprint density at radius 2 is 2.05 bits per heavy atom. The van der Waals surface area contributed by atoms with E-state index in [4.69, 9.17) is 9.47 Å². The first-order chi connectivity index (χ1) is 19.3. The van der Waals surface area contributed by atoms with Gasteiger partial charge in [0.05, 0.1) is 35.3 Å². The van der Waals surface area contributed by atoms with Gasteiger partial charge in [0.1, 0.15) is 17.1 Å². The number of carbonyl (C=O) groups excluding carboxylic acids is 2. The molecule has 216 valence electrons. The molecule has 15 heteroatoms. The predicted octanol–water partition coefficient (Wildman–Crippen LogP) is 2.46. The maximum absolute atomic E-state index is 13.7. The number of halogens is 3. The number of pyridine rings is 1. The van der Waals surface area contributed by atoms with Crippen molar-refractivity contribution in [3.63, 3.8) is 0 Å². The molecule has 6 rings (SSSR count). The van der Waals surface area contributed by atoms with Gasteiger partial charge in [0, 0.05) is 30.7 Å². The second-order valence-electron chi connectivity index (χ2n) is 10.4. The largest absolute Gasteiger partial charge is 0.493 e. The van der Waals surface area contributed by atoms with Gasteiger partial charge in [-0.1, -0.05) is 6.07 Å². The molecule has 1 spiro atoms. The standard InChI is InChI=1S/C26H24F3N5O6S/c1-14-2-5-20(30-10-14)34-22(31-23(35)15-11-41(37,38)12-15)21-18(33-34)9-25(32-24(21)36)6-7-39-19-8-16(3-4-17(19)25)40-13-26(27,28)29/h2-5,8,10,15H,6-7,9,11-13H2,1H3,(H,31,35)(H,32,36)/t25-/m0/s1. The van der Waals surface area contributed by atoms with E-state index in [9.17, 15) is 31.2 Å². The first-order valence-corrected chi connectivity index (χ1v) is 14.5. The maximum Gasteiger partial charge on any atom is 0.422 e. The van der Waals surface area contributed by atoms with E-state index < -0.39 is 45.9 Å². The summed E-state index contributed by atoms with van der Waals surface area (Å²) >= 11 is 0. The molecule has 1 saturated heterocycles. The average molecular weight is 592 g/mol. The molecule has 11 nitrogen and oxygen atoms in total. The van der Waals surface area contributed by atoms with Crippen molar-refractivity contribution in [2.45, 2.75) is 31.5 Å². The van der Waals surface area contributed by atoms with Crippen LogP contribution >= 0.6 is 0 Å². The van der Waals surface area contributed by atoms with Crippen LogP contribution in [0, 0.1) is 12.8 Å². The number of aromatic nitrogens is 3. The summed E-state index contributed by atoms with van der Waals surface area (Å²) in [5.41, 5.74) is 0.925. The molecule has 1 atom stereocenters. The van der Waals surface area contributed by atoms with Gasteiger partial charge in [-0.15, -0.1) is 0 Å². The summed E-state index contributed by atoms with van der Waals surface area (Å²) in [6, 6.07) is 7.77. The van der Waals surface area contributed by atoms with Crippen LogP contribution in [0.5, 0.6) is 11.5 Å². The van der Waals surface area contributed by atoms with Crippen LogP contribution in [0.4, 0.5) is 19.0 Å². The van der Waals surface area contributed by atoms with Crippen molar-refractivity contribution in [3.8, 4) is 17.3 Å². The molecule has 0 unspecified atom stereocenters. The van der Waals surface area contributed by atoms with Gasteiger partial charge in [-0.2, -0.15) is 23.0 Å². The van der Waals surface area contributed by atoms with Crippen LogP contribution in [0.15, 0.2) is 36.5 Å². The monoisotopic (exact) mass is 591 g/mol. The van der Waals surface area contributed by atoms with Gasteiger partial charge in [-0.05, 0) is 30.7 Å². The molecular weight excluding hydrogens is 567 g/mol. The van der Waals surface area contributed by atoms with Gasteiger partial charge >= 0.3 is 6.18 Å². The zero-order valence-electron chi connectivity index (χ0n) is 21.6. The molecule has 2 amide bonds. The highest BCUT2D eigenvalue weighted by atomic mass is 32.2. The molecule has 0 aliphatic carbocycles. The van der Waals surface area contributed by atoms with Crippen molar-refractivity contribution in [2.75, 3.05) is 30.0 Å². The Morgan fingerprint density at radius 3 is 2.73 bits per heavy atom. The number of sulfone groups is 1. The number of hydrogen-bond acceptors (Lipinski definition) is 8. The number of alkyl halides is 3. The normalized spacial score (nSPS) is 21.2. The van der Waals surface area contributed by atoms with E-state index in [0.29, 0.717) is 23.5 Å². The van der Waals surface area contributed by atoms with Gasteiger partial charge in [0.25, 0.3) is 5.91 Å². The van der Waals surface area contributed by atoms with Gasteiger partial charge in [0.2, 0.25) is 5.91 Å². The summed E-state index contributed by atoms with van der Waals surface area (Å²) < 4.78 is 73.1. The fourth-order valence-corrected chi connectivity index (χ4v) is 6.72. The zero-order valence-corrected chi connectivity index (χ0v) is 22.4. The molecule has 3 aliphatic heterocycles. The van der Waals surface area contributed by atoms with Crippen molar-refractivity contribution in [1.82, 2.24) is 20.1 Å². The number of carbonyl (C=O) groups is 2. The van der Waals surface area contributed by atoms with Gasteiger partial charge in [-0.3, -0.25) is 9.59 Å². The van der Waals surface area contributed by atoms with E-state index in [-0.39, 0.29) is 47.4 Å². The van der Waals surface area contributed by atoms with Crippen LogP contribution in [0.1, 0.15) is 33.6 Å². The lowest BCUT2D eigenvalue weighted by atomic mass is 9.77. The van der Waals surface area contributed by atoms with Gasteiger partial charge in [0.15, 0.2) is 28.1 Å². The maximum atomic E-state index is 13.7. The number of rotatable bonds is 5. The number of nitrogens with zero attached hydrogens (tertiary/aromatic N) is 3. The SMILES string of the molecule is Cc1ccc(-n2nc3c(c2NC(=O)C2CS(=O)(=O)C2)C(=O)N[C@@]2(CCOc4cc(OCC(F)(F)F)ccc42)C3)nc1. The number of fused-ring (bicyclic) bond motifs is 3. The van der Waals surface area contributed by atoms with Crippen LogP contribution in [0.3, 0.4) is 0 Å². The van der Waals surface area contributed by atoms with E-state index >= 15 is 0 Å². The fourth-order valence-electron chi connectivity index (χ4n) is 5.29. The Hall–Kier alpha value is -4.14. The molecule has 3 aromatic rings. The minimum Gasteiger partial charge on any atom is -0.493 e. The van der Waals surface area contributed by atoms with Crippen LogP contribution in [0.25, 0.3) is 5.82 Å². The Morgan fingerprint density at radius 1 is 1.27 bits per heavy atom. The Balaban J connectivity index is 1.37. The van der Waals surface area contributed by atoms with Crippen molar-refractivity contribution in [2.24, 2.45) is 5.92 Å². The first-order valence-electron chi connectivity index (χ1n) is 12.7. The van der Waals surface area contributed by atoms with E-state index in [0.717, 1.165) is 5.56 Å². The van der Waals surface area contributed by atoms with Crippen molar-refractivity contribution in [1.29, 1.82) is 0 Å². The van der Waals surface area contributed by atoms with Crippen LogP contribution in [0.2, 0.25) is 0 Å². The fraction of sp³-hybridized carbons (Fsp3) is 0.385. The Labute approximate surface area is 232 Å². The molecule has 1 aromatic carbocycles. The molecule has 0 saturated carbocycles. The molecule has 3 aliphatic rings. The topological polar surface area (TPSA) is 142 Å². The lowest BCUT2D eigenvalue weighted by Gasteiger charge is -2.41.